The topological polar surface area (TPSA) is 26.3 Å². The average Bonchev–Trinajstić information content (AvgIpc) is 2.83. The van der Waals surface area contributed by atoms with Crippen LogP contribution in [0.25, 0.3) is 0 Å². The molecule has 2 aliphatic rings. The van der Waals surface area contributed by atoms with Crippen LogP contribution in [0, 0.1) is 40.9 Å². The molecule has 0 bridgehead atoms. The zero-order valence-corrected chi connectivity index (χ0v) is 16.9. The van der Waals surface area contributed by atoms with E-state index in [1.165, 1.54) is 38.5 Å². The predicted octanol–water partition coefficient (Wildman–Crippen LogP) is 6.09. The summed E-state index contributed by atoms with van der Waals surface area (Å²) < 4.78 is 5.29. The van der Waals surface area contributed by atoms with Crippen molar-refractivity contribution in [3.05, 3.63) is 0 Å². The fourth-order valence-electron chi connectivity index (χ4n) is 4.74. The highest BCUT2D eigenvalue weighted by molar-refractivity contribution is 5.74. The van der Waals surface area contributed by atoms with Crippen LogP contribution in [-0.2, 0) is 9.53 Å². The standard InChI is InChI=1S/C22H40O2/c1-15(8-7-11-22(4,5)6)16(2)9-10-18-13-19-14-24-21(23)20(19)12-17(18)3/h15-20H,7-14H2,1-6H3. The number of carbonyl (C=O) groups is 1. The molecule has 1 aliphatic heterocycles. The molecule has 1 aliphatic carbocycles. The lowest BCUT2D eigenvalue weighted by Gasteiger charge is -2.35. The summed E-state index contributed by atoms with van der Waals surface area (Å²) in [4.78, 5) is 11.8. The van der Waals surface area contributed by atoms with E-state index < -0.39 is 0 Å². The van der Waals surface area contributed by atoms with E-state index >= 15 is 0 Å². The van der Waals surface area contributed by atoms with Gasteiger partial charge in [0, 0.05) is 5.92 Å². The van der Waals surface area contributed by atoms with Crippen LogP contribution in [-0.4, -0.2) is 12.6 Å². The smallest absolute Gasteiger partial charge is 0.309 e. The lowest BCUT2D eigenvalue weighted by Crippen LogP contribution is -2.31. The first-order valence-corrected chi connectivity index (χ1v) is 10.3. The molecule has 0 amide bonds. The van der Waals surface area contributed by atoms with Gasteiger partial charge in [-0.1, -0.05) is 60.8 Å². The second kappa shape index (κ2) is 8.23. The van der Waals surface area contributed by atoms with Gasteiger partial charge >= 0.3 is 5.97 Å². The molecular weight excluding hydrogens is 296 g/mol. The van der Waals surface area contributed by atoms with Crippen LogP contribution >= 0.6 is 0 Å². The van der Waals surface area contributed by atoms with Crippen molar-refractivity contribution in [1.82, 2.24) is 0 Å². The van der Waals surface area contributed by atoms with E-state index in [2.05, 4.69) is 41.5 Å². The van der Waals surface area contributed by atoms with Crippen LogP contribution in [0.3, 0.4) is 0 Å². The second-order valence-electron chi connectivity index (χ2n) is 10.2. The van der Waals surface area contributed by atoms with E-state index in [0.717, 1.165) is 24.2 Å². The lowest BCUT2D eigenvalue weighted by atomic mass is 9.68. The predicted molar refractivity (Wildman–Crippen MR) is 101 cm³/mol. The molecule has 2 nitrogen and oxygen atoms in total. The van der Waals surface area contributed by atoms with Crippen LogP contribution in [0.1, 0.15) is 86.5 Å². The molecule has 6 unspecified atom stereocenters. The fraction of sp³-hybridized carbons (Fsp3) is 0.955. The van der Waals surface area contributed by atoms with Crippen molar-refractivity contribution in [3.63, 3.8) is 0 Å². The Hall–Kier alpha value is -0.530. The highest BCUT2D eigenvalue weighted by atomic mass is 16.5. The van der Waals surface area contributed by atoms with Crippen molar-refractivity contribution in [2.24, 2.45) is 40.9 Å². The summed E-state index contributed by atoms with van der Waals surface area (Å²) in [5.41, 5.74) is 0.470. The van der Waals surface area contributed by atoms with Crippen molar-refractivity contribution in [1.29, 1.82) is 0 Å². The summed E-state index contributed by atoms with van der Waals surface area (Å²) in [6.07, 6.45) is 9.01. The zero-order valence-electron chi connectivity index (χ0n) is 16.9. The molecule has 6 atom stereocenters. The molecule has 1 heterocycles. The molecule has 2 heteroatoms. The molecule has 24 heavy (non-hydrogen) atoms. The summed E-state index contributed by atoms with van der Waals surface area (Å²) >= 11 is 0. The molecule has 0 N–H and O–H groups in total. The monoisotopic (exact) mass is 336 g/mol. The minimum Gasteiger partial charge on any atom is -0.465 e. The highest BCUT2D eigenvalue weighted by Crippen LogP contribution is 2.44. The number of hydrogen-bond acceptors (Lipinski definition) is 2. The Labute approximate surface area is 150 Å². The maximum atomic E-state index is 11.8. The van der Waals surface area contributed by atoms with Gasteiger partial charge in [0.05, 0.1) is 12.5 Å². The molecule has 0 aromatic carbocycles. The minimum atomic E-state index is 0.0751. The van der Waals surface area contributed by atoms with Crippen molar-refractivity contribution < 1.29 is 9.53 Å². The molecule has 2 fully saturated rings. The lowest BCUT2D eigenvalue weighted by molar-refractivity contribution is -0.142. The largest absolute Gasteiger partial charge is 0.465 e. The third-order valence-electron chi connectivity index (χ3n) is 6.90. The SMILES string of the molecule is CC(CCCC(C)(C)C)C(C)CCC1CC2COC(=O)C2CC1C. The number of cyclic esters (lactones) is 1. The van der Waals surface area contributed by atoms with E-state index in [9.17, 15) is 4.79 Å². The van der Waals surface area contributed by atoms with E-state index in [-0.39, 0.29) is 11.9 Å². The van der Waals surface area contributed by atoms with Gasteiger partial charge in [-0.05, 0) is 54.8 Å². The Bertz CT molecular complexity index is 409. The average molecular weight is 337 g/mol. The Balaban J connectivity index is 1.71. The molecule has 0 aromatic heterocycles. The Kier molecular flexibility index (Phi) is 6.79. The van der Waals surface area contributed by atoms with Crippen molar-refractivity contribution in [2.75, 3.05) is 6.61 Å². The van der Waals surface area contributed by atoms with Gasteiger partial charge in [0.25, 0.3) is 0 Å². The molecule has 140 valence electrons. The van der Waals surface area contributed by atoms with Gasteiger partial charge in [-0.3, -0.25) is 4.79 Å². The molecule has 0 radical (unpaired) electrons. The zero-order chi connectivity index (χ0) is 17.9. The number of ether oxygens (including phenoxy) is 1. The molecule has 1 saturated heterocycles. The van der Waals surface area contributed by atoms with Crippen molar-refractivity contribution >= 4 is 5.97 Å². The van der Waals surface area contributed by atoms with E-state index in [4.69, 9.17) is 4.74 Å². The number of fused-ring (bicyclic) bond motifs is 1. The normalized spacial score (nSPS) is 33.0. The minimum absolute atomic E-state index is 0.0751. The molecular formula is C22H40O2. The molecule has 2 rings (SSSR count). The molecule has 0 aromatic rings. The maximum absolute atomic E-state index is 11.8. The number of rotatable bonds is 7. The van der Waals surface area contributed by atoms with Crippen molar-refractivity contribution in [3.8, 4) is 0 Å². The highest BCUT2D eigenvalue weighted by Gasteiger charge is 2.43. The summed E-state index contributed by atoms with van der Waals surface area (Å²) in [5, 5.41) is 0. The Morgan fingerprint density at radius 3 is 2.46 bits per heavy atom. The van der Waals surface area contributed by atoms with Gasteiger partial charge in [-0.15, -0.1) is 0 Å². The van der Waals surface area contributed by atoms with Crippen LogP contribution in [0.15, 0.2) is 0 Å². The van der Waals surface area contributed by atoms with Crippen LogP contribution in [0.5, 0.6) is 0 Å². The first kappa shape index (κ1) is 19.8. The van der Waals surface area contributed by atoms with E-state index in [1.807, 2.05) is 0 Å². The fourth-order valence-corrected chi connectivity index (χ4v) is 4.74. The first-order chi connectivity index (χ1) is 11.2. The van der Waals surface area contributed by atoms with Crippen LogP contribution in [0.2, 0.25) is 0 Å². The maximum Gasteiger partial charge on any atom is 0.309 e. The van der Waals surface area contributed by atoms with E-state index in [0.29, 0.717) is 23.9 Å². The number of carbonyl (C=O) groups excluding carboxylic acids is 1. The van der Waals surface area contributed by atoms with Crippen molar-refractivity contribution in [2.45, 2.75) is 86.5 Å². The second-order valence-corrected chi connectivity index (χ2v) is 10.2. The summed E-state index contributed by atoms with van der Waals surface area (Å²) in [6.45, 7) is 15.0. The Morgan fingerprint density at radius 2 is 1.79 bits per heavy atom. The molecule has 1 saturated carbocycles. The Morgan fingerprint density at radius 1 is 1.12 bits per heavy atom. The van der Waals surface area contributed by atoms with Crippen LogP contribution in [0.4, 0.5) is 0 Å². The van der Waals surface area contributed by atoms with Crippen LogP contribution < -0.4 is 0 Å². The summed E-state index contributed by atoms with van der Waals surface area (Å²) in [7, 11) is 0. The number of hydrogen-bond donors (Lipinski definition) is 0. The van der Waals surface area contributed by atoms with Gasteiger partial charge in [-0.2, -0.15) is 0 Å². The third kappa shape index (κ3) is 5.49. The van der Waals surface area contributed by atoms with Gasteiger partial charge in [0.2, 0.25) is 0 Å². The van der Waals surface area contributed by atoms with Gasteiger partial charge in [-0.25, -0.2) is 0 Å². The third-order valence-corrected chi connectivity index (χ3v) is 6.90. The first-order valence-electron chi connectivity index (χ1n) is 10.3. The molecule has 0 spiro atoms. The van der Waals surface area contributed by atoms with Gasteiger partial charge in [0.1, 0.15) is 0 Å². The number of esters is 1. The van der Waals surface area contributed by atoms with E-state index in [1.54, 1.807) is 0 Å². The van der Waals surface area contributed by atoms with Gasteiger partial charge < -0.3 is 4.74 Å². The summed E-state index contributed by atoms with van der Waals surface area (Å²) in [6, 6.07) is 0. The quantitative estimate of drug-likeness (QED) is 0.526. The summed E-state index contributed by atoms with van der Waals surface area (Å²) in [5.74, 6) is 3.92. The van der Waals surface area contributed by atoms with Gasteiger partial charge in [0.15, 0.2) is 0 Å².